The first kappa shape index (κ1) is 18.4. The summed E-state index contributed by atoms with van der Waals surface area (Å²) < 4.78 is 30.4. The van der Waals surface area contributed by atoms with Gasteiger partial charge >= 0.3 is 0 Å². The van der Waals surface area contributed by atoms with Crippen molar-refractivity contribution in [2.24, 2.45) is 5.41 Å². The lowest BCUT2D eigenvalue weighted by Gasteiger charge is -2.50. The van der Waals surface area contributed by atoms with Gasteiger partial charge in [-0.1, -0.05) is 32.0 Å². The number of sulfone groups is 1. The molecule has 1 aliphatic carbocycles. The van der Waals surface area contributed by atoms with Crippen LogP contribution in [0, 0.1) is 5.41 Å². The van der Waals surface area contributed by atoms with Gasteiger partial charge < -0.3 is 15.2 Å². The molecule has 2 aliphatic rings. The molecule has 2 fully saturated rings. The van der Waals surface area contributed by atoms with Gasteiger partial charge in [-0.25, -0.2) is 8.42 Å². The number of benzene rings is 1. The van der Waals surface area contributed by atoms with Gasteiger partial charge in [0.2, 0.25) is 5.91 Å². The Morgan fingerprint density at radius 1 is 1.20 bits per heavy atom. The highest BCUT2D eigenvalue weighted by atomic mass is 32.2. The number of rotatable bonds is 4. The number of aliphatic hydroxyl groups is 1. The van der Waals surface area contributed by atoms with Gasteiger partial charge in [-0.2, -0.15) is 0 Å². The molecule has 2 unspecified atom stereocenters. The monoisotopic (exact) mass is 367 g/mol. The number of carbonyl (C=O) groups is 1. The molecule has 6 nitrogen and oxygen atoms in total. The zero-order valence-corrected chi connectivity index (χ0v) is 15.4. The number of hydrogen-bond donors (Lipinski definition) is 2. The van der Waals surface area contributed by atoms with Crippen molar-refractivity contribution in [2.75, 3.05) is 13.2 Å². The van der Waals surface area contributed by atoms with Crippen LogP contribution in [0.3, 0.4) is 0 Å². The van der Waals surface area contributed by atoms with Crippen LogP contribution >= 0.6 is 0 Å². The summed E-state index contributed by atoms with van der Waals surface area (Å²) in [6, 6.07) is 7.87. The molecule has 2 N–H and O–H groups in total. The first-order chi connectivity index (χ1) is 11.7. The van der Waals surface area contributed by atoms with E-state index in [0.29, 0.717) is 6.42 Å². The Bertz CT molecular complexity index is 738. The Morgan fingerprint density at radius 2 is 1.80 bits per heavy atom. The first-order valence-electron chi connectivity index (χ1n) is 8.58. The van der Waals surface area contributed by atoms with Crippen LogP contribution in [-0.4, -0.2) is 49.5 Å². The largest absolute Gasteiger partial charge is 0.392 e. The van der Waals surface area contributed by atoms with E-state index in [2.05, 4.69) is 5.32 Å². The molecule has 25 heavy (non-hydrogen) atoms. The molecule has 1 aromatic carbocycles. The molecule has 1 aromatic rings. The molecular weight excluding hydrogens is 342 g/mol. The number of amides is 1. The second-order valence-electron chi connectivity index (χ2n) is 7.52. The third-order valence-electron chi connectivity index (χ3n) is 5.80. The molecule has 1 saturated carbocycles. The Hall–Kier alpha value is -1.44. The topological polar surface area (TPSA) is 92.7 Å². The van der Waals surface area contributed by atoms with E-state index in [0.717, 1.165) is 0 Å². The summed E-state index contributed by atoms with van der Waals surface area (Å²) in [5.74, 6) is -0.482. The third kappa shape index (κ3) is 2.88. The maximum Gasteiger partial charge on any atom is 0.242 e. The number of carbonyl (C=O) groups excluding carboxylic acids is 1. The summed E-state index contributed by atoms with van der Waals surface area (Å²) in [5.41, 5.74) is -0.460. The summed E-state index contributed by atoms with van der Waals surface area (Å²) in [7, 11) is -3.86. The van der Waals surface area contributed by atoms with Crippen LogP contribution in [0.4, 0.5) is 0 Å². The van der Waals surface area contributed by atoms with Crippen LogP contribution in [0.5, 0.6) is 0 Å². The number of aliphatic hydroxyl groups excluding tert-OH is 1. The van der Waals surface area contributed by atoms with Crippen molar-refractivity contribution in [3.05, 3.63) is 30.3 Å². The van der Waals surface area contributed by atoms with Crippen LogP contribution in [-0.2, 0) is 19.4 Å². The van der Waals surface area contributed by atoms with E-state index in [-0.39, 0.29) is 37.0 Å². The Labute approximate surface area is 148 Å². The third-order valence-corrected chi connectivity index (χ3v) is 8.32. The molecule has 2 atom stereocenters. The number of ether oxygens (including phenoxy) is 1. The standard InChI is InChI=1S/C18H25NO5S/c1-17(2)14(12-15(17)20)19-16(21)18(8-10-24-11-9-18)25(22,23)13-6-4-3-5-7-13/h3-7,14-15,20H,8-12H2,1-2H3,(H,19,21). The van der Waals surface area contributed by atoms with E-state index < -0.39 is 32.0 Å². The maximum atomic E-state index is 13.3. The van der Waals surface area contributed by atoms with Crippen molar-refractivity contribution in [1.29, 1.82) is 0 Å². The molecule has 1 aliphatic heterocycles. The van der Waals surface area contributed by atoms with E-state index in [1.165, 1.54) is 12.1 Å². The summed E-state index contributed by atoms with van der Waals surface area (Å²) in [4.78, 5) is 13.3. The minimum Gasteiger partial charge on any atom is -0.392 e. The second-order valence-corrected chi connectivity index (χ2v) is 9.78. The van der Waals surface area contributed by atoms with Crippen LogP contribution in [0.15, 0.2) is 35.2 Å². The van der Waals surface area contributed by atoms with Crippen molar-refractivity contribution >= 4 is 15.7 Å². The molecule has 3 rings (SSSR count). The maximum absolute atomic E-state index is 13.3. The van der Waals surface area contributed by atoms with Crippen molar-refractivity contribution in [2.45, 2.75) is 54.9 Å². The van der Waals surface area contributed by atoms with Crippen LogP contribution < -0.4 is 5.32 Å². The molecule has 0 aromatic heterocycles. The van der Waals surface area contributed by atoms with Crippen molar-refractivity contribution < 1.29 is 23.1 Å². The molecule has 0 bridgehead atoms. The van der Waals surface area contributed by atoms with E-state index in [4.69, 9.17) is 4.74 Å². The first-order valence-corrected chi connectivity index (χ1v) is 10.1. The highest BCUT2D eigenvalue weighted by molar-refractivity contribution is 7.93. The van der Waals surface area contributed by atoms with Gasteiger partial charge in [0.1, 0.15) is 0 Å². The highest BCUT2D eigenvalue weighted by Crippen LogP contribution is 2.42. The van der Waals surface area contributed by atoms with E-state index >= 15 is 0 Å². The van der Waals surface area contributed by atoms with Gasteiger partial charge in [0, 0.05) is 24.7 Å². The predicted molar refractivity (Wildman–Crippen MR) is 92.7 cm³/mol. The second kappa shape index (κ2) is 6.37. The molecule has 1 amide bonds. The van der Waals surface area contributed by atoms with Crippen LogP contribution in [0.25, 0.3) is 0 Å². The summed E-state index contributed by atoms with van der Waals surface area (Å²) in [6.45, 7) is 4.20. The summed E-state index contributed by atoms with van der Waals surface area (Å²) >= 11 is 0. The molecule has 138 valence electrons. The van der Waals surface area contributed by atoms with Gasteiger partial charge in [0.05, 0.1) is 11.0 Å². The van der Waals surface area contributed by atoms with Crippen LogP contribution in [0.1, 0.15) is 33.1 Å². The number of nitrogens with one attached hydrogen (secondary N) is 1. The summed E-state index contributed by atoms with van der Waals surface area (Å²) in [5, 5.41) is 12.8. The molecule has 0 spiro atoms. The van der Waals surface area contributed by atoms with Crippen molar-refractivity contribution in [3.63, 3.8) is 0 Å². The quantitative estimate of drug-likeness (QED) is 0.836. The van der Waals surface area contributed by atoms with Gasteiger partial charge in [-0.15, -0.1) is 0 Å². The van der Waals surface area contributed by atoms with Crippen molar-refractivity contribution in [3.8, 4) is 0 Å². The molecule has 1 heterocycles. The molecule has 7 heteroatoms. The van der Waals surface area contributed by atoms with Gasteiger partial charge in [-0.3, -0.25) is 4.79 Å². The number of hydrogen-bond acceptors (Lipinski definition) is 5. The zero-order valence-electron chi connectivity index (χ0n) is 14.6. The lowest BCUT2D eigenvalue weighted by atomic mass is 9.64. The fraction of sp³-hybridized carbons (Fsp3) is 0.611. The smallest absolute Gasteiger partial charge is 0.242 e. The fourth-order valence-corrected chi connectivity index (χ4v) is 5.56. The van der Waals surface area contributed by atoms with Crippen molar-refractivity contribution in [1.82, 2.24) is 5.32 Å². The molecule has 1 saturated heterocycles. The lowest BCUT2D eigenvalue weighted by Crippen LogP contribution is -2.65. The molecular formula is C18H25NO5S. The fourth-order valence-electron chi connectivity index (χ4n) is 3.58. The van der Waals surface area contributed by atoms with Crippen LogP contribution in [0.2, 0.25) is 0 Å². The minimum absolute atomic E-state index is 0.131. The zero-order chi connectivity index (χ0) is 18.3. The van der Waals surface area contributed by atoms with Gasteiger partial charge in [0.15, 0.2) is 14.6 Å². The Balaban J connectivity index is 1.93. The Morgan fingerprint density at radius 3 is 2.32 bits per heavy atom. The van der Waals surface area contributed by atoms with Gasteiger partial charge in [0.25, 0.3) is 0 Å². The van der Waals surface area contributed by atoms with E-state index in [1.807, 2.05) is 13.8 Å². The lowest BCUT2D eigenvalue weighted by molar-refractivity contribution is -0.134. The van der Waals surface area contributed by atoms with E-state index in [9.17, 15) is 18.3 Å². The minimum atomic E-state index is -3.86. The van der Waals surface area contributed by atoms with E-state index in [1.54, 1.807) is 18.2 Å². The molecule has 0 radical (unpaired) electrons. The van der Waals surface area contributed by atoms with Gasteiger partial charge in [-0.05, 0) is 31.4 Å². The average Bonchev–Trinajstić information content (AvgIpc) is 2.62. The Kier molecular flexibility index (Phi) is 4.68. The average molecular weight is 367 g/mol. The normalized spacial score (nSPS) is 28.0. The highest BCUT2D eigenvalue weighted by Gasteiger charge is 2.55. The summed E-state index contributed by atoms with van der Waals surface area (Å²) in [6.07, 6.45) is 0.211. The predicted octanol–water partition coefficient (Wildman–Crippen LogP) is 1.29. The SMILES string of the molecule is CC1(C)C(O)CC1NC(=O)C1(S(=O)(=O)c2ccccc2)CCOCC1.